The van der Waals surface area contributed by atoms with Crippen LogP contribution in [0.1, 0.15) is 18.4 Å². The number of carboxylic acids is 3. The van der Waals surface area contributed by atoms with Gasteiger partial charge in [0.15, 0.2) is 0 Å². The molecule has 0 aliphatic carbocycles. The van der Waals surface area contributed by atoms with E-state index in [1.807, 2.05) is 0 Å². The molecule has 148 valence electrons. The van der Waals surface area contributed by atoms with E-state index < -0.39 is 42.4 Å². The number of amides is 2. The molecule has 0 bridgehead atoms. The maximum absolute atomic E-state index is 11.8. The molecular formula is C17H23N3O7. The van der Waals surface area contributed by atoms with Gasteiger partial charge in [0.05, 0.1) is 0 Å². The van der Waals surface area contributed by atoms with Gasteiger partial charge in [0, 0.05) is 18.5 Å². The van der Waals surface area contributed by atoms with E-state index in [0.717, 1.165) is 0 Å². The van der Waals surface area contributed by atoms with Gasteiger partial charge in [-0.05, 0) is 24.1 Å². The van der Waals surface area contributed by atoms with E-state index in [1.54, 1.807) is 24.3 Å². The third-order valence-electron chi connectivity index (χ3n) is 3.27. The van der Waals surface area contributed by atoms with Crippen LogP contribution in [0.4, 0.5) is 10.5 Å². The summed E-state index contributed by atoms with van der Waals surface area (Å²) in [7, 11) is 0. The highest BCUT2D eigenvalue weighted by Gasteiger charge is 2.25. The second-order valence-electron chi connectivity index (χ2n) is 5.28. The lowest BCUT2D eigenvalue weighted by atomic mass is 10.1. The number of nitrogens with two attached hydrogens (primary N) is 1. The molecule has 0 radical (unpaired) electrons. The normalized spacial score (nSPS) is 11.9. The predicted molar refractivity (Wildman–Crippen MR) is 97.2 cm³/mol. The van der Waals surface area contributed by atoms with Crippen LogP contribution in [0.2, 0.25) is 0 Å². The Bertz CT molecular complexity index is 661. The molecule has 0 fully saturated rings. The summed E-state index contributed by atoms with van der Waals surface area (Å²) >= 11 is 0. The Labute approximate surface area is 155 Å². The van der Waals surface area contributed by atoms with Crippen molar-refractivity contribution >= 4 is 29.6 Å². The van der Waals surface area contributed by atoms with E-state index >= 15 is 0 Å². The lowest BCUT2D eigenvalue weighted by molar-refractivity contribution is -0.140. The molecule has 0 spiro atoms. The highest BCUT2D eigenvalue weighted by molar-refractivity contribution is 5.86. The van der Waals surface area contributed by atoms with Gasteiger partial charge in [-0.25, -0.2) is 14.4 Å². The molecule has 0 unspecified atom stereocenters. The summed E-state index contributed by atoms with van der Waals surface area (Å²) in [5, 5.41) is 31.0. The minimum Gasteiger partial charge on any atom is -0.481 e. The maximum atomic E-state index is 11.8. The summed E-state index contributed by atoms with van der Waals surface area (Å²) < 4.78 is 0. The number of nitrogens with one attached hydrogen (secondary N) is 2. The molecule has 10 heteroatoms. The molecule has 1 aromatic rings. The number of carbonyl (C=O) groups is 4. The van der Waals surface area contributed by atoms with Crippen LogP contribution in [0.5, 0.6) is 0 Å². The quantitative estimate of drug-likeness (QED) is 0.267. The van der Waals surface area contributed by atoms with Crippen LogP contribution in [0, 0.1) is 0 Å². The average molecular weight is 381 g/mol. The number of rotatable bonds is 9. The molecular weight excluding hydrogens is 358 g/mol. The van der Waals surface area contributed by atoms with Crippen molar-refractivity contribution in [3.63, 3.8) is 0 Å². The van der Waals surface area contributed by atoms with Crippen LogP contribution < -0.4 is 16.4 Å². The lowest BCUT2D eigenvalue weighted by Gasteiger charge is -2.18. The summed E-state index contributed by atoms with van der Waals surface area (Å²) in [5.74, 6) is -3.92. The highest BCUT2D eigenvalue weighted by Crippen LogP contribution is 2.08. The van der Waals surface area contributed by atoms with Crippen molar-refractivity contribution in [1.29, 1.82) is 0 Å². The number of hydrogen-bond acceptors (Lipinski definition) is 5. The Hall–Kier alpha value is -3.56. The van der Waals surface area contributed by atoms with Crippen LogP contribution >= 0.6 is 0 Å². The monoisotopic (exact) mass is 381 g/mol. The van der Waals surface area contributed by atoms with Gasteiger partial charge in [-0.15, -0.1) is 13.2 Å². The number of carbonyl (C=O) groups excluding carboxylic acids is 1. The molecule has 0 aliphatic rings. The standard InChI is InChI=1S/C15H19N3O7.C2H4/c16-9-3-1-8(2-4-9)7-11(14(23)24)18-15(25)17-10(13(21)22)5-6-12(19)20;1-2/h1-4,10-11H,5-7,16H2,(H,19,20)(H,21,22)(H,23,24)(H2,17,18,25);1-2H2/t10-,11-;/m0./s1. The first-order chi connectivity index (χ1) is 12.7. The van der Waals surface area contributed by atoms with E-state index in [2.05, 4.69) is 23.8 Å². The van der Waals surface area contributed by atoms with Gasteiger partial charge in [-0.1, -0.05) is 12.1 Å². The summed E-state index contributed by atoms with van der Waals surface area (Å²) in [6.45, 7) is 6.00. The molecule has 0 aromatic heterocycles. The van der Waals surface area contributed by atoms with E-state index in [0.29, 0.717) is 11.3 Å². The van der Waals surface area contributed by atoms with E-state index in [-0.39, 0.29) is 12.8 Å². The topological polar surface area (TPSA) is 179 Å². The number of hydrogen-bond donors (Lipinski definition) is 6. The minimum atomic E-state index is -1.44. The summed E-state index contributed by atoms with van der Waals surface area (Å²) in [6, 6.07) is 2.64. The van der Waals surface area contributed by atoms with Gasteiger partial charge in [-0.3, -0.25) is 4.79 Å². The first-order valence-corrected chi connectivity index (χ1v) is 7.78. The van der Waals surface area contributed by atoms with Gasteiger partial charge in [0.25, 0.3) is 0 Å². The molecule has 0 saturated carbocycles. The summed E-state index contributed by atoms with van der Waals surface area (Å²) in [5.41, 5.74) is 6.65. The van der Waals surface area contributed by atoms with Gasteiger partial charge in [-0.2, -0.15) is 0 Å². The lowest BCUT2D eigenvalue weighted by Crippen LogP contribution is -2.51. The van der Waals surface area contributed by atoms with Crippen LogP contribution in [0.3, 0.4) is 0 Å². The van der Waals surface area contributed by atoms with Gasteiger partial charge in [0.1, 0.15) is 12.1 Å². The fraction of sp³-hybridized carbons (Fsp3) is 0.294. The first-order valence-electron chi connectivity index (χ1n) is 7.78. The van der Waals surface area contributed by atoms with Crippen molar-refractivity contribution in [2.24, 2.45) is 0 Å². The van der Waals surface area contributed by atoms with E-state index in [1.165, 1.54) is 0 Å². The van der Waals surface area contributed by atoms with Crippen molar-refractivity contribution < 1.29 is 34.5 Å². The zero-order valence-electron chi connectivity index (χ0n) is 14.6. The van der Waals surface area contributed by atoms with Gasteiger partial charge < -0.3 is 31.7 Å². The molecule has 0 aliphatic heterocycles. The average Bonchev–Trinajstić information content (AvgIpc) is 2.61. The fourth-order valence-electron chi connectivity index (χ4n) is 1.97. The Balaban J connectivity index is 0.00000326. The summed E-state index contributed by atoms with van der Waals surface area (Å²) in [6.07, 6.45) is -0.811. The molecule has 1 rings (SSSR count). The maximum Gasteiger partial charge on any atom is 0.326 e. The Morgan fingerprint density at radius 2 is 1.41 bits per heavy atom. The number of anilines is 1. The zero-order chi connectivity index (χ0) is 21.0. The second kappa shape index (κ2) is 11.9. The molecule has 10 nitrogen and oxygen atoms in total. The smallest absolute Gasteiger partial charge is 0.326 e. The van der Waals surface area contributed by atoms with Gasteiger partial charge >= 0.3 is 23.9 Å². The number of benzene rings is 1. The third-order valence-corrected chi connectivity index (χ3v) is 3.27. The predicted octanol–water partition coefficient (Wildman–Crippen LogP) is 0.684. The van der Waals surface area contributed by atoms with Crippen LogP contribution in [-0.2, 0) is 20.8 Å². The van der Waals surface area contributed by atoms with Gasteiger partial charge in [0.2, 0.25) is 0 Å². The molecule has 7 N–H and O–H groups in total. The third kappa shape index (κ3) is 9.48. The van der Waals surface area contributed by atoms with Crippen molar-refractivity contribution in [2.45, 2.75) is 31.3 Å². The molecule has 2 atom stereocenters. The number of urea groups is 1. The fourth-order valence-corrected chi connectivity index (χ4v) is 1.97. The molecule has 27 heavy (non-hydrogen) atoms. The SMILES string of the molecule is C=C.Nc1ccc(C[C@H](NC(=O)N[C@@H](CCC(=O)O)C(=O)O)C(=O)O)cc1. The van der Waals surface area contributed by atoms with E-state index in [9.17, 15) is 24.3 Å². The minimum absolute atomic E-state index is 0.0318. The zero-order valence-corrected chi connectivity index (χ0v) is 14.6. The number of nitrogen functional groups attached to an aromatic ring is 1. The number of carboxylic acid groups (broad SMARTS) is 3. The van der Waals surface area contributed by atoms with Crippen LogP contribution in [0.25, 0.3) is 0 Å². The van der Waals surface area contributed by atoms with E-state index in [4.69, 9.17) is 15.9 Å². The highest BCUT2D eigenvalue weighted by atomic mass is 16.4. The summed E-state index contributed by atoms with van der Waals surface area (Å²) in [4.78, 5) is 44.7. The Morgan fingerprint density at radius 3 is 1.85 bits per heavy atom. The number of aliphatic carboxylic acids is 3. The van der Waals surface area contributed by atoms with Crippen LogP contribution in [-0.4, -0.2) is 51.3 Å². The largest absolute Gasteiger partial charge is 0.481 e. The Kier molecular flexibility index (Phi) is 10.3. The molecule has 0 saturated heterocycles. The molecule has 1 aromatic carbocycles. The molecule has 2 amide bonds. The van der Waals surface area contributed by atoms with Crippen molar-refractivity contribution in [2.75, 3.05) is 5.73 Å². The second-order valence-corrected chi connectivity index (χ2v) is 5.28. The Morgan fingerprint density at radius 1 is 0.926 bits per heavy atom. The van der Waals surface area contributed by atoms with Crippen LogP contribution in [0.15, 0.2) is 37.4 Å². The van der Waals surface area contributed by atoms with Crippen molar-refractivity contribution in [1.82, 2.24) is 10.6 Å². The first kappa shape index (κ1) is 23.4. The van der Waals surface area contributed by atoms with Crippen molar-refractivity contribution in [3.8, 4) is 0 Å². The molecule has 0 heterocycles. The van der Waals surface area contributed by atoms with Crippen molar-refractivity contribution in [3.05, 3.63) is 43.0 Å².